The molecule has 1 unspecified atom stereocenters. The summed E-state index contributed by atoms with van der Waals surface area (Å²) in [7, 11) is 1.31. The van der Waals surface area contributed by atoms with E-state index in [9.17, 15) is 8.78 Å². The van der Waals surface area contributed by atoms with E-state index in [4.69, 9.17) is 15.6 Å². The summed E-state index contributed by atoms with van der Waals surface area (Å²) in [6, 6.07) is 3.65. The van der Waals surface area contributed by atoms with Crippen molar-refractivity contribution >= 4 is 0 Å². The zero-order valence-corrected chi connectivity index (χ0v) is 8.28. The Hall–Kier alpha value is -1.20. The van der Waals surface area contributed by atoms with Gasteiger partial charge in [0.15, 0.2) is 0 Å². The highest BCUT2D eigenvalue weighted by Gasteiger charge is 2.21. The molecule has 0 aromatic heterocycles. The molecule has 0 bridgehead atoms. The Morgan fingerprint density at radius 1 is 1.47 bits per heavy atom. The first kappa shape index (κ1) is 11.9. The van der Waals surface area contributed by atoms with Gasteiger partial charge < -0.3 is 15.6 Å². The number of rotatable bonds is 4. The molecule has 0 aliphatic carbocycles. The van der Waals surface area contributed by atoms with Crippen molar-refractivity contribution in [2.45, 2.75) is 12.5 Å². The van der Waals surface area contributed by atoms with E-state index in [2.05, 4.69) is 0 Å². The molecule has 5 heteroatoms. The topological polar surface area (TPSA) is 55.5 Å². The highest BCUT2D eigenvalue weighted by atomic mass is 19.3. The molecular formula is C10H13F2NO2. The minimum atomic E-state index is -2.67. The Balaban J connectivity index is 3.25. The molecule has 0 aliphatic heterocycles. The number of hydrogen-bond acceptors (Lipinski definition) is 3. The third kappa shape index (κ3) is 2.43. The average molecular weight is 217 g/mol. The lowest BCUT2D eigenvalue weighted by molar-refractivity contribution is 0.144. The molecule has 0 radical (unpaired) electrons. The predicted molar refractivity (Wildman–Crippen MR) is 52.0 cm³/mol. The van der Waals surface area contributed by atoms with E-state index in [0.29, 0.717) is 0 Å². The van der Waals surface area contributed by atoms with Crippen LogP contribution >= 0.6 is 0 Å². The van der Waals surface area contributed by atoms with Crippen LogP contribution in [0.25, 0.3) is 0 Å². The number of halogens is 2. The molecule has 0 saturated heterocycles. The third-order valence-corrected chi connectivity index (χ3v) is 2.13. The molecule has 84 valence electrons. The first-order valence-corrected chi connectivity index (χ1v) is 4.43. The Morgan fingerprint density at radius 2 is 2.13 bits per heavy atom. The van der Waals surface area contributed by atoms with Crippen LogP contribution in [0.2, 0.25) is 0 Å². The second-order valence-corrected chi connectivity index (χ2v) is 3.05. The van der Waals surface area contributed by atoms with Gasteiger partial charge in [0.05, 0.1) is 25.3 Å². The second kappa shape index (κ2) is 5.04. The van der Waals surface area contributed by atoms with Crippen LogP contribution in [-0.2, 0) is 0 Å². The lowest BCUT2D eigenvalue weighted by Crippen LogP contribution is -2.17. The Morgan fingerprint density at radius 3 is 2.60 bits per heavy atom. The van der Waals surface area contributed by atoms with Gasteiger partial charge in [0, 0.05) is 0 Å². The van der Waals surface area contributed by atoms with E-state index in [-0.39, 0.29) is 23.5 Å². The van der Waals surface area contributed by atoms with Crippen molar-refractivity contribution in [2.75, 3.05) is 13.7 Å². The normalized spacial score (nSPS) is 12.9. The minimum Gasteiger partial charge on any atom is -0.496 e. The van der Waals surface area contributed by atoms with Crippen LogP contribution in [0, 0.1) is 0 Å². The first-order chi connectivity index (χ1) is 7.11. The maximum absolute atomic E-state index is 12.8. The number of aliphatic hydroxyl groups excluding tert-OH is 1. The molecule has 0 spiro atoms. The van der Waals surface area contributed by atoms with Crippen molar-refractivity contribution < 1.29 is 18.6 Å². The summed E-state index contributed by atoms with van der Waals surface area (Å²) in [6.45, 7) is -0.382. The van der Waals surface area contributed by atoms with Crippen molar-refractivity contribution in [3.05, 3.63) is 29.3 Å². The maximum Gasteiger partial charge on any atom is 0.267 e. The van der Waals surface area contributed by atoms with E-state index in [0.717, 1.165) is 0 Å². The van der Waals surface area contributed by atoms with Crippen molar-refractivity contribution in [1.29, 1.82) is 0 Å². The largest absolute Gasteiger partial charge is 0.496 e. The van der Waals surface area contributed by atoms with Crippen LogP contribution in [0.15, 0.2) is 18.2 Å². The molecular weight excluding hydrogens is 204 g/mol. The van der Waals surface area contributed by atoms with Crippen LogP contribution in [-0.4, -0.2) is 18.8 Å². The van der Waals surface area contributed by atoms with E-state index in [1.54, 1.807) is 6.07 Å². The highest BCUT2D eigenvalue weighted by Crippen LogP contribution is 2.34. The molecule has 0 heterocycles. The number of methoxy groups -OCH3 is 1. The monoisotopic (exact) mass is 217 g/mol. The first-order valence-electron chi connectivity index (χ1n) is 4.43. The summed E-state index contributed by atoms with van der Waals surface area (Å²) >= 11 is 0. The summed E-state index contributed by atoms with van der Waals surface area (Å²) in [4.78, 5) is 0. The Bertz CT molecular complexity index is 331. The smallest absolute Gasteiger partial charge is 0.267 e. The van der Waals surface area contributed by atoms with Gasteiger partial charge in [-0.1, -0.05) is 12.1 Å². The average Bonchev–Trinajstić information content (AvgIpc) is 2.26. The minimum absolute atomic E-state index is 0.0893. The van der Waals surface area contributed by atoms with E-state index < -0.39 is 12.5 Å². The van der Waals surface area contributed by atoms with Crippen LogP contribution < -0.4 is 10.5 Å². The summed E-state index contributed by atoms with van der Waals surface area (Å²) in [5.41, 5.74) is 5.48. The maximum atomic E-state index is 12.8. The van der Waals surface area contributed by atoms with Gasteiger partial charge >= 0.3 is 0 Å². The second-order valence-electron chi connectivity index (χ2n) is 3.05. The fourth-order valence-electron chi connectivity index (χ4n) is 1.39. The molecule has 0 amide bonds. The van der Waals surface area contributed by atoms with Gasteiger partial charge in [0.1, 0.15) is 5.75 Å². The molecule has 0 fully saturated rings. The SMILES string of the molecule is COc1cccc(C(N)CO)c1C(F)F. The lowest BCUT2D eigenvalue weighted by atomic mass is 10.0. The van der Waals surface area contributed by atoms with Crippen LogP contribution in [0.4, 0.5) is 8.78 Å². The fraction of sp³-hybridized carbons (Fsp3) is 0.400. The quantitative estimate of drug-likeness (QED) is 0.805. The lowest BCUT2D eigenvalue weighted by Gasteiger charge is -2.16. The zero-order chi connectivity index (χ0) is 11.4. The van der Waals surface area contributed by atoms with Crippen LogP contribution in [0.5, 0.6) is 5.75 Å². The van der Waals surface area contributed by atoms with E-state index in [1.807, 2.05) is 0 Å². The van der Waals surface area contributed by atoms with E-state index in [1.165, 1.54) is 19.2 Å². The van der Waals surface area contributed by atoms with Gasteiger partial charge in [0.2, 0.25) is 0 Å². The fourth-order valence-corrected chi connectivity index (χ4v) is 1.39. The summed E-state index contributed by atoms with van der Waals surface area (Å²) in [5.74, 6) is 0.0893. The summed E-state index contributed by atoms with van der Waals surface area (Å²) < 4.78 is 30.3. The summed E-state index contributed by atoms with van der Waals surface area (Å²) in [6.07, 6.45) is -2.67. The van der Waals surface area contributed by atoms with Crippen molar-refractivity contribution in [3.63, 3.8) is 0 Å². The van der Waals surface area contributed by atoms with Crippen molar-refractivity contribution in [3.8, 4) is 5.75 Å². The number of alkyl halides is 2. The van der Waals surface area contributed by atoms with Crippen LogP contribution in [0.3, 0.4) is 0 Å². The molecule has 0 aliphatic rings. The zero-order valence-electron chi connectivity index (χ0n) is 8.28. The molecule has 1 aromatic carbocycles. The van der Waals surface area contributed by atoms with Crippen LogP contribution in [0.1, 0.15) is 23.6 Å². The van der Waals surface area contributed by atoms with E-state index >= 15 is 0 Å². The third-order valence-electron chi connectivity index (χ3n) is 2.13. The highest BCUT2D eigenvalue weighted by molar-refractivity contribution is 5.42. The van der Waals surface area contributed by atoms with Gasteiger partial charge in [0.25, 0.3) is 6.43 Å². The molecule has 3 nitrogen and oxygen atoms in total. The summed E-state index contributed by atoms with van der Waals surface area (Å²) in [5, 5.41) is 8.85. The molecule has 1 atom stereocenters. The Kier molecular flexibility index (Phi) is 3.99. The molecule has 3 N–H and O–H groups in total. The van der Waals surface area contributed by atoms with Gasteiger partial charge in [-0.3, -0.25) is 0 Å². The molecule has 15 heavy (non-hydrogen) atoms. The number of aliphatic hydroxyl groups is 1. The van der Waals surface area contributed by atoms with Gasteiger partial charge in [-0.15, -0.1) is 0 Å². The molecule has 0 saturated carbocycles. The van der Waals surface area contributed by atoms with Gasteiger partial charge in [-0.2, -0.15) is 0 Å². The van der Waals surface area contributed by atoms with Gasteiger partial charge in [-0.05, 0) is 11.6 Å². The number of nitrogens with two attached hydrogens (primary N) is 1. The Labute approximate surface area is 86.5 Å². The number of benzene rings is 1. The number of hydrogen-bond donors (Lipinski definition) is 2. The predicted octanol–water partition coefficient (Wildman–Crippen LogP) is 1.62. The van der Waals surface area contributed by atoms with Gasteiger partial charge in [-0.25, -0.2) is 8.78 Å². The molecule has 1 aromatic rings. The number of ether oxygens (including phenoxy) is 1. The molecule has 1 rings (SSSR count). The van der Waals surface area contributed by atoms with Crippen molar-refractivity contribution in [1.82, 2.24) is 0 Å². The van der Waals surface area contributed by atoms with Crippen molar-refractivity contribution in [2.24, 2.45) is 5.73 Å². The standard InChI is InChI=1S/C10H13F2NO2/c1-15-8-4-2-3-6(7(13)5-14)9(8)10(11)12/h2-4,7,10,14H,5,13H2,1H3.